The molecular weight excluding hydrogens is 296 g/mol. The van der Waals surface area contributed by atoms with Gasteiger partial charge in [-0.15, -0.1) is 12.4 Å². The van der Waals surface area contributed by atoms with E-state index in [-0.39, 0.29) is 24.2 Å². The summed E-state index contributed by atoms with van der Waals surface area (Å²) in [4.78, 5) is 12.1. The summed E-state index contributed by atoms with van der Waals surface area (Å²) in [7, 11) is 0. The van der Waals surface area contributed by atoms with E-state index in [9.17, 15) is 4.79 Å². The molecule has 1 aliphatic carbocycles. The lowest BCUT2D eigenvalue weighted by molar-refractivity contribution is -0.125. The zero-order chi connectivity index (χ0) is 15.1. The van der Waals surface area contributed by atoms with Crippen LogP contribution in [0.2, 0.25) is 0 Å². The van der Waals surface area contributed by atoms with Crippen molar-refractivity contribution in [3.05, 3.63) is 29.8 Å². The minimum atomic E-state index is 0. The van der Waals surface area contributed by atoms with Crippen LogP contribution in [-0.4, -0.2) is 12.5 Å². The van der Waals surface area contributed by atoms with Crippen molar-refractivity contribution in [2.45, 2.75) is 51.9 Å². The second-order valence-electron chi connectivity index (χ2n) is 6.42. The fraction of sp³-hybridized carbons (Fsp3) is 0.611. The number of rotatable bonds is 6. The Morgan fingerprint density at radius 1 is 1.23 bits per heavy atom. The van der Waals surface area contributed by atoms with E-state index >= 15 is 0 Å². The molecule has 0 radical (unpaired) electrons. The first-order valence-corrected chi connectivity index (χ1v) is 8.27. The second-order valence-corrected chi connectivity index (χ2v) is 6.42. The number of nitrogens with one attached hydrogen (secondary N) is 1. The smallest absolute Gasteiger partial charge is 0.222 e. The van der Waals surface area contributed by atoms with Crippen LogP contribution in [0.15, 0.2) is 24.3 Å². The molecule has 1 unspecified atom stereocenters. The maximum atomic E-state index is 12.1. The normalized spacial score (nSPS) is 16.6. The Kier molecular flexibility index (Phi) is 8.32. The van der Waals surface area contributed by atoms with Gasteiger partial charge in [0.25, 0.3) is 0 Å². The molecule has 0 spiro atoms. The number of nitrogen functional groups attached to an aromatic ring is 1. The van der Waals surface area contributed by atoms with E-state index in [2.05, 4.69) is 12.2 Å². The first kappa shape index (κ1) is 18.8. The Morgan fingerprint density at radius 3 is 2.50 bits per heavy atom. The third-order valence-electron chi connectivity index (χ3n) is 4.55. The average molecular weight is 325 g/mol. The third kappa shape index (κ3) is 6.27. The highest BCUT2D eigenvalue weighted by Gasteiger charge is 2.20. The summed E-state index contributed by atoms with van der Waals surface area (Å²) < 4.78 is 0. The number of hydrogen-bond acceptors (Lipinski definition) is 2. The molecule has 1 aliphatic rings. The van der Waals surface area contributed by atoms with Crippen molar-refractivity contribution in [1.82, 2.24) is 5.32 Å². The molecule has 0 aromatic heterocycles. The molecule has 0 bridgehead atoms. The number of hydrogen-bond donors (Lipinski definition) is 2. The quantitative estimate of drug-likeness (QED) is 0.778. The van der Waals surface area contributed by atoms with Crippen molar-refractivity contribution in [2.24, 2.45) is 11.8 Å². The summed E-state index contributed by atoms with van der Waals surface area (Å²) >= 11 is 0. The van der Waals surface area contributed by atoms with Gasteiger partial charge in [-0.2, -0.15) is 0 Å². The first-order valence-electron chi connectivity index (χ1n) is 8.27. The van der Waals surface area contributed by atoms with Gasteiger partial charge in [0.15, 0.2) is 0 Å². The van der Waals surface area contributed by atoms with Gasteiger partial charge in [0.2, 0.25) is 5.91 Å². The molecule has 1 amide bonds. The van der Waals surface area contributed by atoms with Gasteiger partial charge in [0.1, 0.15) is 0 Å². The standard InChI is InChI=1S/C18H28N2O.ClH/c1-14(13-16-5-3-2-4-6-16)18(21)20-12-11-15-7-9-17(19)10-8-15;/h7-10,14,16H,2-6,11-13,19H2,1H3,(H,20,21);1H. The van der Waals surface area contributed by atoms with Crippen LogP contribution in [0.3, 0.4) is 0 Å². The number of anilines is 1. The van der Waals surface area contributed by atoms with Crippen molar-refractivity contribution in [3.63, 3.8) is 0 Å². The van der Waals surface area contributed by atoms with Crippen LogP contribution in [0.5, 0.6) is 0 Å². The largest absolute Gasteiger partial charge is 0.399 e. The van der Waals surface area contributed by atoms with Gasteiger partial charge in [-0.1, -0.05) is 51.2 Å². The lowest BCUT2D eigenvalue weighted by Crippen LogP contribution is -2.32. The summed E-state index contributed by atoms with van der Waals surface area (Å²) in [6.07, 6.45) is 8.59. The van der Waals surface area contributed by atoms with E-state index in [4.69, 9.17) is 5.73 Å². The maximum absolute atomic E-state index is 12.1. The van der Waals surface area contributed by atoms with Gasteiger partial charge in [-0.3, -0.25) is 4.79 Å². The Labute approximate surface area is 140 Å². The van der Waals surface area contributed by atoms with Crippen LogP contribution < -0.4 is 11.1 Å². The molecule has 0 heterocycles. The molecule has 1 atom stereocenters. The van der Waals surface area contributed by atoms with Crippen molar-refractivity contribution >= 4 is 24.0 Å². The fourth-order valence-electron chi connectivity index (χ4n) is 3.22. The molecule has 1 aromatic rings. The summed E-state index contributed by atoms with van der Waals surface area (Å²) in [5.74, 6) is 1.10. The summed E-state index contributed by atoms with van der Waals surface area (Å²) in [5.41, 5.74) is 7.66. The third-order valence-corrected chi connectivity index (χ3v) is 4.55. The van der Waals surface area contributed by atoms with Gasteiger partial charge in [0.05, 0.1) is 0 Å². The topological polar surface area (TPSA) is 55.1 Å². The molecule has 0 aliphatic heterocycles. The number of carbonyl (C=O) groups is 1. The molecular formula is C18H29ClN2O. The lowest BCUT2D eigenvalue weighted by Gasteiger charge is -2.24. The van der Waals surface area contributed by atoms with Crippen molar-refractivity contribution in [3.8, 4) is 0 Å². The van der Waals surface area contributed by atoms with Crippen LogP contribution in [0.4, 0.5) is 5.69 Å². The molecule has 1 aromatic carbocycles. The van der Waals surface area contributed by atoms with Gasteiger partial charge >= 0.3 is 0 Å². The van der Waals surface area contributed by atoms with Crippen molar-refractivity contribution < 1.29 is 4.79 Å². The maximum Gasteiger partial charge on any atom is 0.222 e. The Balaban J connectivity index is 0.00000242. The molecule has 3 nitrogen and oxygen atoms in total. The van der Waals surface area contributed by atoms with Crippen LogP contribution in [0.25, 0.3) is 0 Å². The lowest BCUT2D eigenvalue weighted by atomic mass is 9.83. The molecule has 4 heteroatoms. The zero-order valence-corrected chi connectivity index (χ0v) is 14.3. The van der Waals surface area contributed by atoms with Gasteiger partial charge in [-0.05, 0) is 36.5 Å². The van der Waals surface area contributed by atoms with E-state index in [0.29, 0.717) is 6.54 Å². The first-order chi connectivity index (χ1) is 10.1. The summed E-state index contributed by atoms with van der Waals surface area (Å²) in [6, 6.07) is 7.85. The highest BCUT2D eigenvalue weighted by Crippen LogP contribution is 2.28. The molecule has 3 N–H and O–H groups in total. The van der Waals surface area contributed by atoms with Gasteiger partial charge < -0.3 is 11.1 Å². The summed E-state index contributed by atoms with van der Waals surface area (Å²) in [5, 5.41) is 3.06. The van der Waals surface area contributed by atoms with E-state index in [1.807, 2.05) is 24.3 Å². The summed E-state index contributed by atoms with van der Waals surface area (Å²) in [6.45, 7) is 2.77. The number of carbonyl (C=O) groups excluding carboxylic acids is 1. The van der Waals surface area contributed by atoms with Crippen LogP contribution in [-0.2, 0) is 11.2 Å². The molecule has 124 valence electrons. The Hall–Kier alpha value is -1.22. The second kappa shape index (κ2) is 9.73. The number of nitrogens with two attached hydrogens (primary N) is 1. The SMILES string of the molecule is CC(CC1CCCCC1)C(=O)NCCc1ccc(N)cc1.Cl. The zero-order valence-electron chi connectivity index (χ0n) is 13.5. The Morgan fingerprint density at radius 2 is 1.86 bits per heavy atom. The predicted molar refractivity (Wildman–Crippen MR) is 95.2 cm³/mol. The van der Waals surface area contributed by atoms with E-state index in [0.717, 1.165) is 24.4 Å². The molecule has 1 fully saturated rings. The fourth-order valence-corrected chi connectivity index (χ4v) is 3.22. The molecule has 1 saturated carbocycles. The van der Waals surface area contributed by atoms with E-state index in [1.165, 1.54) is 37.7 Å². The van der Waals surface area contributed by atoms with E-state index in [1.54, 1.807) is 0 Å². The van der Waals surface area contributed by atoms with Crippen molar-refractivity contribution in [2.75, 3.05) is 12.3 Å². The molecule has 2 rings (SSSR count). The van der Waals surface area contributed by atoms with Crippen LogP contribution in [0, 0.1) is 11.8 Å². The number of amides is 1. The van der Waals surface area contributed by atoms with E-state index < -0.39 is 0 Å². The Bertz CT molecular complexity index is 441. The minimum absolute atomic E-state index is 0. The number of halogens is 1. The monoisotopic (exact) mass is 324 g/mol. The minimum Gasteiger partial charge on any atom is -0.399 e. The van der Waals surface area contributed by atoms with Crippen LogP contribution >= 0.6 is 12.4 Å². The molecule has 22 heavy (non-hydrogen) atoms. The highest BCUT2D eigenvalue weighted by molar-refractivity contribution is 5.85. The highest BCUT2D eigenvalue weighted by atomic mass is 35.5. The van der Waals surface area contributed by atoms with Crippen molar-refractivity contribution in [1.29, 1.82) is 0 Å². The van der Waals surface area contributed by atoms with Gasteiger partial charge in [0, 0.05) is 18.2 Å². The molecule has 0 saturated heterocycles. The average Bonchev–Trinajstić information content (AvgIpc) is 2.50. The predicted octanol–water partition coefficient (Wildman–Crippen LogP) is 3.96. The number of benzene rings is 1. The van der Waals surface area contributed by atoms with Gasteiger partial charge in [-0.25, -0.2) is 0 Å². The van der Waals surface area contributed by atoms with Crippen LogP contribution in [0.1, 0.15) is 51.0 Å².